The van der Waals surface area contributed by atoms with Crippen molar-refractivity contribution >= 4 is 18.2 Å². The van der Waals surface area contributed by atoms with Gasteiger partial charge in [0.25, 0.3) is 0 Å². The molecule has 2 aromatic rings. The van der Waals surface area contributed by atoms with Gasteiger partial charge < -0.3 is 9.05 Å². The van der Waals surface area contributed by atoms with Crippen LogP contribution >= 0.6 is 18.2 Å². The molecule has 0 saturated carbocycles. The molecule has 3 nitrogen and oxygen atoms in total. The van der Waals surface area contributed by atoms with Crippen molar-refractivity contribution in [3.63, 3.8) is 0 Å². The monoisotopic (exact) mass is 336 g/mol. The van der Waals surface area contributed by atoms with Gasteiger partial charge in [0.2, 0.25) is 0 Å². The van der Waals surface area contributed by atoms with E-state index in [9.17, 15) is 4.57 Å². The Bertz CT molecular complexity index is 634. The first-order chi connectivity index (χ1) is 10.4. The van der Waals surface area contributed by atoms with Crippen LogP contribution in [0.2, 0.25) is 0 Å². The van der Waals surface area contributed by atoms with Crippen LogP contribution in [-0.2, 0) is 4.57 Å². The molecule has 0 N–H and O–H groups in total. The first-order valence-electron chi connectivity index (χ1n) is 7.17. The van der Waals surface area contributed by atoms with E-state index in [2.05, 4.69) is 0 Å². The summed E-state index contributed by atoms with van der Waals surface area (Å²) in [6, 6.07) is 15.0. The summed E-state index contributed by atoms with van der Waals surface area (Å²) < 4.78 is 24.6. The van der Waals surface area contributed by atoms with E-state index < -0.39 is 6.80 Å². The first-order valence-corrected chi connectivity index (χ1v) is 10.2. The van der Waals surface area contributed by atoms with Crippen molar-refractivity contribution in [2.75, 3.05) is 0 Å². The summed E-state index contributed by atoms with van der Waals surface area (Å²) in [5.41, 5.74) is 2.10. The van der Waals surface area contributed by atoms with Gasteiger partial charge in [-0.3, -0.25) is 0 Å². The Morgan fingerprint density at radius 2 is 1.36 bits per heavy atom. The highest BCUT2D eigenvalue weighted by Crippen LogP contribution is 2.61. The van der Waals surface area contributed by atoms with Gasteiger partial charge >= 0.3 is 6.80 Å². The van der Waals surface area contributed by atoms with Crippen LogP contribution in [0, 0.1) is 13.8 Å². The Balaban J connectivity index is 2.25. The van der Waals surface area contributed by atoms with Crippen LogP contribution < -0.4 is 9.05 Å². The topological polar surface area (TPSA) is 35.5 Å². The molecule has 0 amide bonds. The molecule has 0 unspecified atom stereocenters. The molecule has 2 aromatic carbocycles. The third kappa shape index (κ3) is 5.11. The molecule has 0 bridgehead atoms. The van der Waals surface area contributed by atoms with Crippen LogP contribution in [0.15, 0.2) is 48.5 Å². The first kappa shape index (κ1) is 17.0. The van der Waals surface area contributed by atoms with Crippen LogP contribution in [0.3, 0.4) is 0 Å². The molecule has 22 heavy (non-hydrogen) atoms. The second kappa shape index (κ2) is 7.26. The second-order valence-corrected chi connectivity index (χ2v) is 9.80. The maximum atomic E-state index is 13.1. The summed E-state index contributed by atoms with van der Waals surface area (Å²) in [6.07, 6.45) is 0. The molecule has 0 aliphatic carbocycles. The van der Waals surface area contributed by atoms with E-state index >= 15 is 0 Å². The number of benzene rings is 2. The molecule has 0 aliphatic heterocycles. The summed E-state index contributed by atoms with van der Waals surface area (Å²) in [4.78, 5) is 0. The average Bonchev–Trinajstić information content (AvgIpc) is 2.36. The summed E-state index contributed by atoms with van der Waals surface area (Å²) in [7, 11) is 0. The molecule has 118 valence electrons. The van der Waals surface area contributed by atoms with Crippen LogP contribution in [0.25, 0.3) is 0 Å². The van der Waals surface area contributed by atoms with Gasteiger partial charge in [0.1, 0.15) is 11.5 Å². The van der Waals surface area contributed by atoms with Gasteiger partial charge in [-0.15, -0.1) is 0 Å². The van der Waals surface area contributed by atoms with Crippen LogP contribution in [-0.4, -0.2) is 5.25 Å². The van der Waals surface area contributed by atoms with Crippen molar-refractivity contribution < 1.29 is 13.6 Å². The van der Waals surface area contributed by atoms with E-state index in [1.165, 1.54) is 11.4 Å². The Labute approximate surface area is 136 Å². The van der Waals surface area contributed by atoms with Gasteiger partial charge in [-0.1, -0.05) is 38.1 Å². The lowest BCUT2D eigenvalue weighted by Crippen LogP contribution is -2.01. The van der Waals surface area contributed by atoms with E-state index in [-0.39, 0.29) is 5.25 Å². The zero-order chi connectivity index (χ0) is 16.2. The molecule has 0 radical (unpaired) electrons. The summed E-state index contributed by atoms with van der Waals surface area (Å²) >= 11 is 1.21. The summed E-state index contributed by atoms with van der Waals surface area (Å²) in [6.45, 7) is 4.53. The number of hydrogen-bond donors (Lipinski definition) is 0. The Kier molecular flexibility index (Phi) is 5.60. The van der Waals surface area contributed by atoms with Gasteiger partial charge in [-0.2, -0.15) is 0 Å². The lowest BCUT2D eigenvalue weighted by molar-refractivity contribution is 0.407. The highest BCUT2D eigenvalue weighted by atomic mass is 32.7. The molecule has 0 aromatic heterocycles. The lowest BCUT2D eigenvalue weighted by atomic mass is 10.2. The SMILES string of the molecule is Cc1cccc(OP(=O)(Oc2cccc(C)c2)SC(C)C)c1. The normalized spacial score (nSPS) is 11.5. The van der Waals surface area contributed by atoms with Crippen molar-refractivity contribution in [3.05, 3.63) is 59.7 Å². The minimum absolute atomic E-state index is 0.125. The summed E-state index contributed by atoms with van der Waals surface area (Å²) in [5, 5.41) is 0.125. The van der Waals surface area contributed by atoms with Gasteiger partial charge in [0.05, 0.1) is 0 Å². The van der Waals surface area contributed by atoms with Crippen molar-refractivity contribution in [2.45, 2.75) is 32.9 Å². The zero-order valence-electron chi connectivity index (χ0n) is 13.3. The molecule has 2 rings (SSSR count). The van der Waals surface area contributed by atoms with Crippen LogP contribution in [0.4, 0.5) is 0 Å². The predicted octanol–water partition coefficient (Wildman–Crippen LogP) is 6.01. The molecule has 5 heteroatoms. The lowest BCUT2D eigenvalue weighted by Gasteiger charge is -2.20. The van der Waals surface area contributed by atoms with E-state index in [4.69, 9.17) is 9.05 Å². The van der Waals surface area contributed by atoms with E-state index in [1.54, 1.807) is 12.1 Å². The van der Waals surface area contributed by atoms with E-state index in [0.29, 0.717) is 11.5 Å². The molecule has 0 heterocycles. The number of hydrogen-bond acceptors (Lipinski definition) is 4. The van der Waals surface area contributed by atoms with Crippen LogP contribution in [0.5, 0.6) is 11.5 Å². The quantitative estimate of drug-likeness (QED) is 0.605. The molecule has 0 saturated heterocycles. The van der Waals surface area contributed by atoms with Gasteiger partial charge in [0, 0.05) is 5.25 Å². The molecule has 0 fully saturated rings. The van der Waals surface area contributed by atoms with Crippen molar-refractivity contribution in [1.29, 1.82) is 0 Å². The number of rotatable bonds is 6. The fourth-order valence-electron chi connectivity index (χ4n) is 1.92. The maximum absolute atomic E-state index is 13.1. The minimum Gasteiger partial charge on any atom is -0.408 e. The Hall–Kier alpha value is -1.38. The third-order valence-electron chi connectivity index (χ3n) is 2.75. The van der Waals surface area contributed by atoms with Gasteiger partial charge in [0.15, 0.2) is 0 Å². The highest BCUT2D eigenvalue weighted by Gasteiger charge is 2.31. The standard InChI is InChI=1S/C17H21O3PS/c1-13(2)22-21(18,19-16-9-5-7-14(3)11-16)20-17-10-6-8-15(4)12-17/h5-13H,1-4H3. The zero-order valence-corrected chi connectivity index (χ0v) is 15.0. The van der Waals surface area contributed by atoms with Crippen LogP contribution in [0.1, 0.15) is 25.0 Å². The molecular formula is C17H21O3PS. The minimum atomic E-state index is -3.34. The van der Waals surface area contributed by atoms with Gasteiger partial charge in [-0.05, 0) is 60.6 Å². The highest BCUT2D eigenvalue weighted by molar-refractivity contribution is 8.55. The number of aryl methyl sites for hydroxylation is 2. The fraction of sp³-hybridized carbons (Fsp3) is 0.294. The average molecular weight is 336 g/mol. The van der Waals surface area contributed by atoms with E-state index in [1.807, 2.05) is 64.1 Å². The Morgan fingerprint density at radius 1 is 0.909 bits per heavy atom. The largest absolute Gasteiger partial charge is 0.493 e. The van der Waals surface area contributed by atoms with Crippen molar-refractivity contribution in [2.24, 2.45) is 0 Å². The maximum Gasteiger partial charge on any atom is 0.493 e. The van der Waals surface area contributed by atoms with E-state index in [0.717, 1.165) is 11.1 Å². The molecular weight excluding hydrogens is 315 g/mol. The molecule has 0 spiro atoms. The predicted molar refractivity (Wildman–Crippen MR) is 93.9 cm³/mol. The third-order valence-corrected chi connectivity index (χ3v) is 6.79. The molecule has 0 aliphatic rings. The fourth-order valence-corrected chi connectivity index (χ4v) is 5.63. The smallest absolute Gasteiger partial charge is 0.408 e. The molecule has 0 atom stereocenters. The van der Waals surface area contributed by atoms with Gasteiger partial charge in [-0.25, -0.2) is 4.57 Å². The second-order valence-electron chi connectivity index (χ2n) is 5.42. The Morgan fingerprint density at radius 3 is 1.73 bits per heavy atom. The summed E-state index contributed by atoms with van der Waals surface area (Å²) in [5.74, 6) is 1.12. The van der Waals surface area contributed by atoms with Crippen molar-refractivity contribution in [3.8, 4) is 11.5 Å². The van der Waals surface area contributed by atoms with Crippen molar-refractivity contribution in [1.82, 2.24) is 0 Å².